The van der Waals surface area contributed by atoms with Gasteiger partial charge >= 0.3 is 5.97 Å². The van der Waals surface area contributed by atoms with Crippen LogP contribution in [-0.2, 0) is 6.54 Å². The molecular weight excluding hydrogens is 321 g/mol. The average Bonchev–Trinajstić information content (AvgIpc) is 2.15. The fourth-order valence-electron chi connectivity index (χ4n) is 1.15. The Bertz CT molecular complexity index is 398. The molecule has 0 amide bonds. The van der Waals surface area contributed by atoms with Gasteiger partial charge in [-0.25, -0.2) is 18.6 Å². The molecule has 1 rings (SSSR count). The molecule has 0 aliphatic carbocycles. The van der Waals surface area contributed by atoms with E-state index in [1.165, 1.54) is 6.07 Å². The summed E-state index contributed by atoms with van der Waals surface area (Å²) in [4.78, 5) is 14.3. The van der Waals surface area contributed by atoms with Crippen LogP contribution >= 0.6 is 22.6 Å². The van der Waals surface area contributed by atoms with Crippen LogP contribution in [0.2, 0.25) is 0 Å². The van der Waals surface area contributed by atoms with Crippen LogP contribution in [0, 0.1) is 3.70 Å². The SMILES string of the molecule is NCc1cc(I)nc(C(=O)O)c1C(F)F. The molecule has 1 aromatic heterocycles. The third-order valence-corrected chi connectivity index (χ3v) is 2.31. The summed E-state index contributed by atoms with van der Waals surface area (Å²) < 4.78 is 25.5. The number of aromatic nitrogens is 1. The number of hydrogen-bond donors (Lipinski definition) is 2. The Labute approximate surface area is 97.6 Å². The molecule has 0 atom stereocenters. The molecule has 1 aromatic rings. The molecular formula is C8H7F2IN2O2. The van der Waals surface area contributed by atoms with Gasteiger partial charge in [-0.1, -0.05) is 0 Å². The molecule has 0 bridgehead atoms. The van der Waals surface area contributed by atoms with E-state index < -0.39 is 23.7 Å². The molecule has 0 aliphatic rings. The number of halogens is 3. The number of nitrogens with two attached hydrogens (primary N) is 1. The van der Waals surface area contributed by atoms with Gasteiger partial charge in [0.15, 0.2) is 5.69 Å². The molecule has 7 heteroatoms. The summed E-state index contributed by atoms with van der Waals surface area (Å²) in [5.74, 6) is -1.47. The summed E-state index contributed by atoms with van der Waals surface area (Å²) in [6.45, 7) is -0.140. The van der Waals surface area contributed by atoms with Gasteiger partial charge in [-0.3, -0.25) is 0 Å². The fourth-order valence-corrected chi connectivity index (χ4v) is 1.77. The van der Waals surface area contributed by atoms with Crippen molar-refractivity contribution >= 4 is 28.6 Å². The molecule has 3 N–H and O–H groups in total. The molecule has 82 valence electrons. The van der Waals surface area contributed by atoms with Crippen molar-refractivity contribution in [2.75, 3.05) is 0 Å². The average molecular weight is 328 g/mol. The van der Waals surface area contributed by atoms with Crippen molar-refractivity contribution < 1.29 is 18.7 Å². The van der Waals surface area contributed by atoms with Gasteiger partial charge in [-0.2, -0.15) is 0 Å². The summed E-state index contributed by atoms with van der Waals surface area (Å²) in [5.41, 5.74) is 4.16. The normalized spacial score (nSPS) is 10.7. The highest BCUT2D eigenvalue weighted by atomic mass is 127. The Morgan fingerprint density at radius 2 is 2.27 bits per heavy atom. The fraction of sp³-hybridized carbons (Fsp3) is 0.250. The van der Waals surface area contributed by atoms with Gasteiger partial charge < -0.3 is 10.8 Å². The standard InChI is InChI=1S/C8H7F2IN2O2/c9-7(10)5-3(2-12)1-4(11)13-6(5)8(14)15/h1,7H,2,12H2,(H,14,15). The first-order chi connectivity index (χ1) is 6.97. The topological polar surface area (TPSA) is 76.2 Å². The quantitative estimate of drug-likeness (QED) is 0.655. The molecule has 0 unspecified atom stereocenters. The van der Waals surface area contributed by atoms with Crippen molar-refractivity contribution in [2.45, 2.75) is 13.0 Å². The van der Waals surface area contributed by atoms with Crippen molar-refractivity contribution in [3.8, 4) is 0 Å². The van der Waals surface area contributed by atoms with Crippen molar-refractivity contribution in [2.24, 2.45) is 5.73 Å². The highest BCUT2D eigenvalue weighted by molar-refractivity contribution is 14.1. The monoisotopic (exact) mass is 328 g/mol. The predicted octanol–water partition coefficient (Wildman–Crippen LogP) is 1.78. The van der Waals surface area contributed by atoms with Gasteiger partial charge in [-0.05, 0) is 34.2 Å². The number of hydrogen-bond acceptors (Lipinski definition) is 3. The highest BCUT2D eigenvalue weighted by Gasteiger charge is 2.23. The van der Waals surface area contributed by atoms with E-state index in [0.717, 1.165) is 0 Å². The number of carboxylic acids is 1. The molecule has 0 radical (unpaired) electrons. The number of aromatic carboxylic acids is 1. The molecule has 1 heterocycles. The second-order valence-corrected chi connectivity index (χ2v) is 3.78. The van der Waals surface area contributed by atoms with Gasteiger partial charge in [0.05, 0.1) is 5.56 Å². The number of pyridine rings is 1. The van der Waals surface area contributed by atoms with Gasteiger partial charge in [0.2, 0.25) is 0 Å². The van der Waals surface area contributed by atoms with E-state index in [9.17, 15) is 13.6 Å². The van der Waals surface area contributed by atoms with Gasteiger partial charge in [0.1, 0.15) is 3.70 Å². The van der Waals surface area contributed by atoms with E-state index in [1.54, 1.807) is 22.6 Å². The predicted molar refractivity (Wildman–Crippen MR) is 56.8 cm³/mol. The van der Waals surface area contributed by atoms with Crippen molar-refractivity contribution in [1.29, 1.82) is 0 Å². The summed E-state index contributed by atoms with van der Waals surface area (Å²) >= 11 is 1.75. The van der Waals surface area contributed by atoms with Crippen LogP contribution in [0.15, 0.2) is 6.07 Å². The van der Waals surface area contributed by atoms with Crippen molar-refractivity contribution in [1.82, 2.24) is 4.98 Å². The molecule has 0 fully saturated rings. The summed E-state index contributed by atoms with van der Waals surface area (Å²) in [6.07, 6.45) is -2.89. The lowest BCUT2D eigenvalue weighted by molar-refractivity contribution is 0.0676. The van der Waals surface area contributed by atoms with Crippen LogP contribution < -0.4 is 5.73 Å². The van der Waals surface area contributed by atoms with Gasteiger partial charge in [-0.15, -0.1) is 0 Å². The lowest BCUT2D eigenvalue weighted by Crippen LogP contribution is -2.13. The summed E-state index contributed by atoms with van der Waals surface area (Å²) in [6, 6.07) is 1.36. The molecule has 0 saturated heterocycles. The molecule has 0 aromatic carbocycles. The Kier molecular flexibility index (Phi) is 3.91. The van der Waals surface area contributed by atoms with Crippen molar-refractivity contribution in [3.05, 3.63) is 26.6 Å². The lowest BCUT2D eigenvalue weighted by Gasteiger charge is -2.10. The van der Waals surface area contributed by atoms with Crippen LogP contribution in [0.5, 0.6) is 0 Å². The van der Waals surface area contributed by atoms with Crippen LogP contribution in [0.25, 0.3) is 0 Å². The lowest BCUT2D eigenvalue weighted by atomic mass is 10.1. The van der Waals surface area contributed by atoms with Crippen molar-refractivity contribution in [3.63, 3.8) is 0 Å². The number of rotatable bonds is 3. The minimum atomic E-state index is -2.89. The Morgan fingerprint density at radius 1 is 1.67 bits per heavy atom. The molecule has 0 saturated carbocycles. The maximum Gasteiger partial charge on any atom is 0.355 e. The second kappa shape index (κ2) is 4.79. The zero-order valence-corrected chi connectivity index (χ0v) is 9.53. The summed E-state index contributed by atoms with van der Waals surface area (Å²) in [5, 5.41) is 8.72. The number of carboxylic acid groups (broad SMARTS) is 1. The maximum atomic E-state index is 12.6. The van der Waals surface area contributed by atoms with Gasteiger partial charge in [0, 0.05) is 6.54 Å². The third-order valence-electron chi connectivity index (χ3n) is 1.75. The number of nitrogens with zero attached hydrogens (tertiary/aromatic N) is 1. The third kappa shape index (κ3) is 2.59. The molecule has 0 aliphatic heterocycles. The maximum absolute atomic E-state index is 12.6. The van der Waals surface area contributed by atoms with Crippen LogP contribution in [0.3, 0.4) is 0 Å². The van der Waals surface area contributed by atoms with E-state index in [-0.39, 0.29) is 12.1 Å². The van der Waals surface area contributed by atoms with E-state index in [0.29, 0.717) is 3.70 Å². The van der Waals surface area contributed by atoms with E-state index in [1.807, 2.05) is 0 Å². The van der Waals surface area contributed by atoms with E-state index in [4.69, 9.17) is 10.8 Å². The van der Waals surface area contributed by atoms with E-state index >= 15 is 0 Å². The largest absolute Gasteiger partial charge is 0.476 e. The Hall–Kier alpha value is -0.830. The first-order valence-corrected chi connectivity index (χ1v) is 4.96. The smallest absolute Gasteiger partial charge is 0.355 e. The number of alkyl halides is 2. The minimum absolute atomic E-state index is 0.113. The van der Waals surface area contributed by atoms with E-state index in [2.05, 4.69) is 4.98 Å². The second-order valence-electron chi connectivity index (χ2n) is 2.68. The van der Waals surface area contributed by atoms with Crippen LogP contribution in [0.4, 0.5) is 8.78 Å². The highest BCUT2D eigenvalue weighted by Crippen LogP contribution is 2.26. The molecule has 0 spiro atoms. The minimum Gasteiger partial charge on any atom is -0.476 e. The summed E-state index contributed by atoms with van der Waals surface area (Å²) in [7, 11) is 0. The van der Waals surface area contributed by atoms with Gasteiger partial charge in [0.25, 0.3) is 6.43 Å². The molecule has 15 heavy (non-hydrogen) atoms. The first kappa shape index (κ1) is 12.2. The van der Waals surface area contributed by atoms with Crippen LogP contribution in [-0.4, -0.2) is 16.1 Å². The zero-order chi connectivity index (χ0) is 11.6. The Balaban J connectivity index is 3.47. The number of carbonyl (C=O) groups is 1. The molecule has 4 nitrogen and oxygen atoms in total. The van der Waals surface area contributed by atoms with Crippen LogP contribution in [0.1, 0.15) is 28.0 Å². The zero-order valence-electron chi connectivity index (χ0n) is 7.38. The first-order valence-electron chi connectivity index (χ1n) is 3.88. The Morgan fingerprint density at radius 3 is 2.67 bits per heavy atom.